The van der Waals surface area contributed by atoms with Crippen LogP contribution in [0.4, 0.5) is 10.6 Å². The van der Waals surface area contributed by atoms with E-state index in [4.69, 9.17) is 10.5 Å². The molecule has 1 aliphatic rings. The molecule has 23 heavy (non-hydrogen) atoms. The van der Waals surface area contributed by atoms with Crippen molar-refractivity contribution in [3.63, 3.8) is 0 Å². The molecule has 2 heterocycles. The van der Waals surface area contributed by atoms with E-state index in [-0.39, 0.29) is 6.09 Å². The van der Waals surface area contributed by atoms with Crippen molar-refractivity contribution in [1.82, 2.24) is 9.88 Å². The predicted molar refractivity (Wildman–Crippen MR) is 94.5 cm³/mol. The maximum atomic E-state index is 12.0. The lowest BCUT2D eigenvalue weighted by atomic mass is 9.88. The summed E-state index contributed by atoms with van der Waals surface area (Å²) >= 11 is 0. The lowest BCUT2D eigenvalue weighted by Crippen LogP contribution is -2.41. The largest absolute Gasteiger partial charge is 0.444 e. The Morgan fingerprint density at radius 1 is 1.30 bits per heavy atom. The highest BCUT2D eigenvalue weighted by molar-refractivity contribution is 5.68. The number of nitrogen functional groups attached to an aromatic ring is 1. The van der Waals surface area contributed by atoms with Crippen LogP contribution in [0, 0.1) is 6.92 Å². The summed E-state index contributed by atoms with van der Waals surface area (Å²) in [6.45, 7) is 13.2. The van der Waals surface area contributed by atoms with Crippen LogP contribution in [0.3, 0.4) is 0 Å². The Morgan fingerprint density at radius 3 is 2.35 bits per heavy atom. The first-order valence-electron chi connectivity index (χ1n) is 8.46. The number of nitrogens with zero attached hydrogens (tertiary/aromatic N) is 2. The van der Waals surface area contributed by atoms with Crippen molar-refractivity contribution in [1.29, 1.82) is 0 Å². The van der Waals surface area contributed by atoms with E-state index in [1.54, 1.807) is 4.90 Å². The van der Waals surface area contributed by atoms with E-state index in [0.29, 0.717) is 11.7 Å². The molecule has 1 aromatic rings. The minimum atomic E-state index is -0.439. The molecule has 0 radical (unpaired) electrons. The molecular formula is C18H31N3O2. The topological polar surface area (TPSA) is 68.5 Å². The Hall–Kier alpha value is -1.78. The third-order valence-corrected chi connectivity index (χ3v) is 3.76. The number of ether oxygens (including phenoxy) is 1. The molecule has 0 saturated carbocycles. The van der Waals surface area contributed by atoms with Crippen LogP contribution in [-0.2, 0) is 4.74 Å². The number of hydrogen-bond donors (Lipinski definition) is 1. The van der Waals surface area contributed by atoms with Gasteiger partial charge in [-0.1, -0.05) is 13.8 Å². The average Bonchev–Trinajstić information content (AvgIpc) is 2.48. The van der Waals surface area contributed by atoms with Crippen LogP contribution >= 0.6 is 0 Å². The molecule has 0 aliphatic carbocycles. The van der Waals surface area contributed by atoms with Gasteiger partial charge in [0, 0.05) is 19.3 Å². The highest BCUT2D eigenvalue weighted by Gasteiger charge is 2.28. The SMILES string of the molecule is CC.Cc1cc(N)ncc1C1CCN(C(=O)OC(C)(C)C)CC1. The van der Waals surface area contributed by atoms with Gasteiger partial charge in [-0.3, -0.25) is 0 Å². The van der Waals surface area contributed by atoms with Gasteiger partial charge in [0.25, 0.3) is 0 Å². The molecule has 1 saturated heterocycles. The number of carbonyl (C=O) groups excluding carboxylic acids is 1. The van der Waals surface area contributed by atoms with Gasteiger partial charge < -0.3 is 15.4 Å². The van der Waals surface area contributed by atoms with Gasteiger partial charge in [-0.15, -0.1) is 0 Å². The number of pyridine rings is 1. The van der Waals surface area contributed by atoms with Crippen LogP contribution in [0.25, 0.3) is 0 Å². The van der Waals surface area contributed by atoms with E-state index in [1.807, 2.05) is 46.9 Å². The molecule has 1 aliphatic heterocycles. The number of nitrogens with two attached hydrogens (primary N) is 1. The quantitative estimate of drug-likeness (QED) is 0.845. The molecule has 0 unspecified atom stereocenters. The second-order valence-electron chi connectivity index (χ2n) is 6.71. The molecule has 2 rings (SSSR count). The van der Waals surface area contributed by atoms with Gasteiger partial charge in [0.15, 0.2) is 0 Å². The van der Waals surface area contributed by atoms with Crippen LogP contribution in [0.2, 0.25) is 0 Å². The molecule has 2 N–H and O–H groups in total. The summed E-state index contributed by atoms with van der Waals surface area (Å²) < 4.78 is 5.42. The standard InChI is InChI=1S/C16H25N3O2.C2H6/c1-11-9-14(17)18-10-13(11)12-5-7-19(8-6-12)15(20)21-16(2,3)4;1-2/h9-10,12H,5-8H2,1-4H3,(H2,17,18);1-2H3. The van der Waals surface area contributed by atoms with Gasteiger partial charge in [0.2, 0.25) is 0 Å². The Labute approximate surface area is 140 Å². The second-order valence-corrected chi connectivity index (χ2v) is 6.71. The molecule has 130 valence electrons. The van der Waals surface area contributed by atoms with E-state index < -0.39 is 5.60 Å². The van der Waals surface area contributed by atoms with Crippen molar-refractivity contribution < 1.29 is 9.53 Å². The predicted octanol–water partition coefficient (Wildman–Crippen LogP) is 4.11. The van der Waals surface area contributed by atoms with Crippen LogP contribution in [0.1, 0.15) is 64.5 Å². The molecule has 0 aromatic carbocycles. The maximum Gasteiger partial charge on any atom is 0.410 e. The molecule has 5 heteroatoms. The molecule has 1 fully saturated rings. The summed E-state index contributed by atoms with van der Waals surface area (Å²) in [5, 5.41) is 0. The fourth-order valence-corrected chi connectivity index (χ4v) is 2.72. The zero-order chi connectivity index (χ0) is 17.6. The Bertz CT molecular complexity index is 515. The van der Waals surface area contributed by atoms with Crippen molar-refractivity contribution in [2.45, 2.75) is 65.9 Å². The van der Waals surface area contributed by atoms with E-state index >= 15 is 0 Å². The number of piperidine rings is 1. The van der Waals surface area contributed by atoms with Crippen molar-refractivity contribution in [3.05, 3.63) is 23.4 Å². The van der Waals surface area contributed by atoms with Crippen molar-refractivity contribution >= 4 is 11.9 Å². The van der Waals surface area contributed by atoms with Crippen molar-refractivity contribution in [2.75, 3.05) is 18.8 Å². The average molecular weight is 321 g/mol. The molecule has 0 atom stereocenters. The highest BCUT2D eigenvalue weighted by atomic mass is 16.6. The summed E-state index contributed by atoms with van der Waals surface area (Å²) in [6, 6.07) is 1.91. The number of hydrogen-bond acceptors (Lipinski definition) is 4. The fraction of sp³-hybridized carbons (Fsp3) is 0.667. The third kappa shape index (κ3) is 5.73. The van der Waals surface area contributed by atoms with E-state index in [9.17, 15) is 4.79 Å². The number of carbonyl (C=O) groups is 1. The first kappa shape index (κ1) is 19.3. The van der Waals surface area contributed by atoms with Crippen LogP contribution in [-0.4, -0.2) is 34.7 Å². The summed E-state index contributed by atoms with van der Waals surface area (Å²) in [5.41, 5.74) is 7.68. The van der Waals surface area contributed by atoms with Crippen LogP contribution in [0.5, 0.6) is 0 Å². The lowest BCUT2D eigenvalue weighted by Gasteiger charge is -2.34. The fourth-order valence-electron chi connectivity index (χ4n) is 2.72. The van der Waals surface area contributed by atoms with Gasteiger partial charge in [0.1, 0.15) is 11.4 Å². The lowest BCUT2D eigenvalue weighted by molar-refractivity contribution is 0.0205. The number of amides is 1. The minimum Gasteiger partial charge on any atom is -0.444 e. The van der Waals surface area contributed by atoms with Gasteiger partial charge >= 0.3 is 6.09 Å². The third-order valence-electron chi connectivity index (χ3n) is 3.76. The van der Waals surface area contributed by atoms with Gasteiger partial charge in [-0.25, -0.2) is 9.78 Å². The summed E-state index contributed by atoms with van der Waals surface area (Å²) in [7, 11) is 0. The van der Waals surface area contributed by atoms with E-state index in [2.05, 4.69) is 11.9 Å². The van der Waals surface area contributed by atoms with Crippen LogP contribution < -0.4 is 5.73 Å². The van der Waals surface area contributed by atoms with Gasteiger partial charge in [-0.2, -0.15) is 0 Å². The molecule has 5 nitrogen and oxygen atoms in total. The Morgan fingerprint density at radius 2 is 1.87 bits per heavy atom. The van der Waals surface area contributed by atoms with Crippen molar-refractivity contribution in [2.24, 2.45) is 0 Å². The molecule has 0 bridgehead atoms. The Kier molecular flexibility index (Phi) is 6.85. The van der Waals surface area contributed by atoms with Crippen LogP contribution in [0.15, 0.2) is 12.3 Å². The van der Waals surface area contributed by atoms with Crippen molar-refractivity contribution in [3.8, 4) is 0 Å². The Balaban J connectivity index is 0.00000127. The first-order chi connectivity index (χ1) is 10.8. The smallest absolute Gasteiger partial charge is 0.410 e. The maximum absolute atomic E-state index is 12.0. The van der Waals surface area contributed by atoms with E-state index in [0.717, 1.165) is 25.9 Å². The van der Waals surface area contributed by atoms with Gasteiger partial charge in [-0.05, 0) is 63.6 Å². The second kappa shape index (κ2) is 8.18. The number of rotatable bonds is 1. The molecule has 1 aromatic heterocycles. The number of likely N-dealkylation sites (tertiary alicyclic amines) is 1. The minimum absolute atomic E-state index is 0.215. The highest BCUT2D eigenvalue weighted by Crippen LogP contribution is 2.30. The van der Waals surface area contributed by atoms with Gasteiger partial charge in [0.05, 0.1) is 0 Å². The number of anilines is 1. The summed E-state index contributed by atoms with van der Waals surface area (Å²) in [4.78, 5) is 18.0. The summed E-state index contributed by atoms with van der Waals surface area (Å²) in [5.74, 6) is 0.999. The zero-order valence-electron chi connectivity index (χ0n) is 15.3. The number of aromatic nitrogens is 1. The van der Waals surface area contributed by atoms with E-state index in [1.165, 1.54) is 11.1 Å². The molecule has 0 spiro atoms. The zero-order valence-corrected chi connectivity index (χ0v) is 15.3. The summed E-state index contributed by atoms with van der Waals surface area (Å²) in [6.07, 6.45) is 3.53. The number of aryl methyl sites for hydroxylation is 1. The monoisotopic (exact) mass is 321 g/mol. The first-order valence-corrected chi connectivity index (χ1v) is 8.46. The molecule has 1 amide bonds. The normalized spacial score (nSPS) is 15.7. The molecular weight excluding hydrogens is 290 g/mol.